The maximum atomic E-state index is 12.0. The highest BCUT2D eigenvalue weighted by Crippen LogP contribution is 2.34. The van der Waals surface area contributed by atoms with Crippen molar-refractivity contribution in [1.29, 1.82) is 0 Å². The number of nitrogens with one attached hydrogen (secondary N) is 1. The molecule has 0 saturated carbocycles. The maximum absolute atomic E-state index is 12.0. The van der Waals surface area contributed by atoms with E-state index in [9.17, 15) is 13.5 Å². The summed E-state index contributed by atoms with van der Waals surface area (Å²) in [5.74, 6) is 0.461. The van der Waals surface area contributed by atoms with Gasteiger partial charge in [-0.25, -0.2) is 13.1 Å². The van der Waals surface area contributed by atoms with E-state index in [1.54, 1.807) is 0 Å². The number of aliphatic hydroxyl groups is 1. The first-order valence-electron chi connectivity index (χ1n) is 7.60. The van der Waals surface area contributed by atoms with Crippen LogP contribution >= 0.6 is 0 Å². The molecule has 0 saturated heterocycles. The van der Waals surface area contributed by atoms with Crippen LogP contribution in [0.3, 0.4) is 0 Å². The monoisotopic (exact) mass is 311 g/mol. The fourth-order valence-corrected chi connectivity index (χ4v) is 4.16. The molecular formula is C16H25NO3S. The third kappa shape index (κ3) is 4.28. The van der Waals surface area contributed by atoms with E-state index in [1.165, 1.54) is 0 Å². The third-order valence-electron chi connectivity index (χ3n) is 4.10. The van der Waals surface area contributed by atoms with Crippen molar-refractivity contribution in [2.45, 2.75) is 45.1 Å². The van der Waals surface area contributed by atoms with Crippen molar-refractivity contribution >= 4 is 10.0 Å². The molecule has 1 aliphatic rings. The third-order valence-corrected chi connectivity index (χ3v) is 5.46. The van der Waals surface area contributed by atoms with Crippen LogP contribution in [0.2, 0.25) is 0 Å². The van der Waals surface area contributed by atoms with Gasteiger partial charge in [-0.1, -0.05) is 38.1 Å². The molecule has 2 N–H and O–H groups in total. The van der Waals surface area contributed by atoms with E-state index in [4.69, 9.17) is 0 Å². The molecule has 0 aromatic heterocycles. The lowest BCUT2D eigenvalue weighted by Gasteiger charge is -2.34. The summed E-state index contributed by atoms with van der Waals surface area (Å²) in [6.07, 6.45) is 3.04. The van der Waals surface area contributed by atoms with Crippen LogP contribution in [0.4, 0.5) is 0 Å². The van der Waals surface area contributed by atoms with Gasteiger partial charge in [-0.05, 0) is 42.7 Å². The zero-order valence-electron chi connectivity index (χ0n) is 12.8. The molecule has 21 heavy (non-hydrogen) atoms. The lowest BCUT2D eigenvalue weighted by Crippen LogP contribution is -2.43. The molecule has 4 nitrogen and oxygen atoms in total. The average molecular weight is 311 g/mol. The first-order valence-corrected chi connectivity index (χ1v) is 9.26. The van der Waals surface area contributed by atoms with E-state index in [2.05, 4.69) is 4.72 Å². The number of sulfonamides is 1. The minimum atomic E-state index is -3.33. The van der Waals surface area contributed by atoms with E-state index >= 15 is 0 Å². The standard InChI is InChI=1S/C16H25NO3S/c1-13(2)9-11-21(19,20)17-12-16(18)10-5-7-14-6-3-4-8-15(14)16/h3-4,6,8,13,17-18H,5,7,9-12H2,1-2H3. The Morgan fingerprint density at radius 1 is 1.33 bits per heavy atom. The Balaban J connectivity index is 2.06. The van der Waals surface area contributed by atoms with Crippen molar-refractivity contribution < 1.29 is 13.5 Å². The van der Waals surface area contributed by atoms with Crippen LogP contribution in [0.5, 0.6) is 0 Å². The van der Waals surface area contributed by atoms with Crippen molar-refractivity contribution in [3.63, 3.8) is 0 Å². The average Bonchev–Trinajstić information content (AvgIpc) is 2.44. The Bertz CT molecular complexity index is 583. The van der Waals surface area contributed by atoms with Gasteiger partial charge in [0, 0.05) is 6.54 Å². The summed E-state index contributed by atoms with van der Waals surface area (Å²) in [5, 5.41) is 10.8. The fraction of sp³-hybridized carbons (Fsp3) is 0.625. The molecule has 1 aromatic carbocycles. The Morgan fingerprint density at radius 2 is 2.05 bits per heavy atom. The number of benzene rings is 1. The van der Waals surface area contributed by atoms with Crippen molar-refractivity contribution in [1.82, 2.24) is 4.72 Å². The van der Waals surface area contributed by atoms with E-state index in [1.807, 2.05) is 38.1 Å². The summed E-state index contributed by atoms with van der Waals surface area (Å²) in [7, 11) is -3.33. The van der Waals surface area contributed by atoms with E-state index < -0.39 is 15.6 Å². The van der Waals surface area contributed by atoms with Crippen molar-refractivity contribution in [2.24, 2.45) is 5.92 Å². The Hall–Kier alpha value is -0.910. The van der Waals surface area contributed by atoms with Gasteiger partial charge in [0.25, 0.3) is 0 Å². The SMILES string of the molecule is CC(C)CCS(=O)(=O)NCC1(O)CCCc2ccccc21. The van der Waals surface area contributed by atoms with Crippen LogP contribution in [0.25, 0.3) is 0 Å². The molecule has 0 aliphatic heterocycles. The summed E-state index contributed by atoms with van der Waals surface area (Å²) < 4.78 is 26.6. The Kier molecular flexibility index (Phi) is 5.07. The van der Waals surface area contributed by atoms with E-state index in [-0.39, 0.29) is 12.3 Å². The van der Waals surface area contributed by atoms with Crippen molar-refractivity contribution in [3.05, 3.63) is 35.4 Å². The summed E-state index contributed by atoms with van der Waals surface area (Å²) in [5.41, 5.74) is 0.898. The summed E-state index contributed by atoms with van der Waals surface area (Å²) >= 11 is 0. The van der Waals surface area contributed by atoms with Crippen LogP contribution < -0.4 is 4.72 Å². The number of fused-ring (bicyclic) bond motifs is 1. The molecule has 0 amide bonds. The molecule has 1 aromatic rings. The predicted octanol–water partition coefficient (Wildman–Crippen LogP) is 2.18. The molecule has 0 heterocycles. The molecule has 1 aliphatic carbocycles. The number of rotatable bonds is 6. The summed E-state index contributed by atoms with van der Waals surface area (Å²) in [6.45, 7) is 4.06. The largest absolute Gasteiger partial charge is 0.384 e. The van der Waals surface area contributed by atoms with Gasteiger partial charge >= 0.3 is 0 Å². The number of hydrogen-bond donors (Lipinski definition) is 2. The molecule has 5 heteroatoms. The van der Waals surface area contributed by atoms with Gasteiger partial charge in [-0.3, -0.25) is 0 Å². The van der Waals surface area contributed by atoms with Gasteiger partial charge in [0.2, 0.25) is 10.0 Å². The molecule has 0 spiro atoms. The Labute approximate surface area is 127 Å². The van der Waals surface area contributed by atoms with Gasteiger partial charge in [0.15, 0.2) is 0 Å². The van der Waals surface area contributed by atoms with Gasteiger partial charge in [0.1, 0.15) is 5.60 Å². The maximum Gasteiger partial charge on any atom is 0.211 e. The lowest BCUT2D eigenvalue weighted by atomic mass is 9.79. The first kappa shape index (κ1) is 16.5. The minimum Gasteiger partial charge on any atom is -0.384 e. The number of aryl methyl sites for hydroxylation is 1. The quantitative estimate of drug-likeness (QED) is 0.846. The second-order valence-corrected chi connectivity index (χ2v) is 8.29. The van der Waals surface area contributed by atoms with Gasteiger partial charge < -0.3 is 5.11 Å². The second kappa shape index (κ2) is 6.46. The van der Waals surface area contributed by atoms with Crippen LogP contribution in [0.15, 0.2) is 24.3 Å². The van der Waals surface area contributed by atoms with Crippen LogP contribution in [-0.4, -0.2) is 25.8 Å². The molecule has 1 unspecified atom stereocenters. The summed E-state index contributed by atoms with van der Waals surface area (Å²) in [4.78, 5) is 0. The van der Waals surface area contributed by atoms with E-state index in [0.717, 1.165) is 24.0 Å². The molecular weight excluding hydrogens is 286 g/mol. The summed E-state index contributed by atoms with van der Waals surface area (Å²) in [6, 6.07) is 7.75. The Morgan fingerprint density at radius 3 is 2.76 bits per heavy atom. The highest BCUT2D eigenvalue weighted by Gasteiger charge is 2.35. The molecule has 118 valence electrons. The van der Waals surface area contributed by atoms with Gasteiger partial charge in [-0.15, -0.1) is 0 Å². The lowest BCUT2D eigenvalue weighted by molar-refractivity contribution is 0.0243. The number of hydrogen-bond acceptors (Lipinski definition) is 3. The zero-order valence-corrected chi connectivity index (χ0v) is 13.6. The van der Waals surface area contributed by atoms with Crippen LogP contribution in [0, 0.1) is 5.92 Å². The second-order valence-electron chi connectivity index (χ2n) is 6.36. The predicted molar refractivity (Wildman–Crippen MR) is 84.5 cm³/mol. The van der Waals surface area contributed by atoms with Gasteiger partial charge in [0.05, 0.1) is 5.75 Å². The highest BCUT2D eigenvalue weighted by molar-refractivity contribution is 7.89. The minimum absolute atomic E-state index is 0.0600. The first-order chi connectivity index (χ1) is 9.82. The van der Waals surface area contributed by atoms with Crippen molar-refractivity contribution in [2.75, 3.05) is 12.3 Å². The molecule has 0 fully saturated rings. The van der Waals surface area contributed by atoms with Crippen molar-refractivity contribution in [3.8, 4) is 0 Å². The molecule has 1 atom stereocenters. The topological polar surface area (TPSA) is 66.4 Å². The van der Waals surface area contributed by atoms with E-state index in [0.29, 0.717) is 18.8 Å². The van der Waals surface area contributed by atoms with Gasteiger partial charge in [-0.2, -0.15) is 0 Å². The normalized spacial score (nSPS) is 22.3. The van der Waals surface area contributed by atoms with Crippen LogP contribution in [0.1, 0.15) is 44.2 Å². The highest BCUT2D eigenvalue weighted by atomic mass is 32.2. The molecule has 0 bridgehead atoms. The molecule has 0 radical (unpaired) electrons. The fourth-order valence-electron chi connectivity index (χ4n) is 2.77. The van der Waals surface area contributed by atoms with Crippen LogP contribution in [-0.2, 0) is 22.0 Å². The molecule has 2 rings (SSSR count). The smallest absolute Gasteiger partial charge is 0.211 e. The zero-order chi connectivity index (χ0) is 15.5.